The SMILES string of the molecule is O=C(CSc1ccccc1F)Nc1ccnn1Cc1cccs1. The highest BCUT2D eigenvalue weighted by molar-refractivity contribution is 8.00. The Morgan fingerprint density at radius 1 is 1.26 bits per heavy atom. The third kappa shape index (κ3) is 4.20. The van der Waals surface area contributed by atoms with Crippen molar-refractivity contribution in [1.82, 2.24) is 9.78 Å². The first-order valence-electron chi connectivity index (χ1n) is 6.94. The zero-order valence-electron chi connectivity index (χ0n) is 12.1. The molecule has 0 saturated carbocycles. The van der Waals surface area contributed by atoms with Crippen LogP contribution in [-0.2, 0) is 11.3 Å². The second-order valence-corrected chi connectivity index (χ2v) is 6.77. The Morgan fingerprint density at radius 2 is 2.13 bits per heavy atom. The fraction of sp³-hybridized carbons (Fsp3) is 0.125. The van der Waals surface area contributed by atoms with Crippen molar-refractivity contribution >= 4 is 34.8 Å². The molecule has 118 valence electrons. The Morgan fingerprint density at radius 3 is 2.91 bits per heavy atom. The Balaban J connectivity index is 1.58. The van der Waals surface area contributed by atoms with Crippen LogP contribution in [0, 0.1) is 5.82 Å². The first-order chi connectivity index (χ1) is 11.2. The topological polar surface area (TPSA) is 46.9 Å². The number of carbonyl (C=O) groups excluding carboxylic acids is 1. The number of carbonyl (C=O) groups is 1. The highest BCUT2D eigenvalue weighted by atomic mass is 32.2. The van der Waals surface area contributed by atoms with Crippen LogP contribution in [0.15, 0.2) is 58.9 Å². The van der Waals surface area contributed by atoms with Gasteiger partial charge in [-0.2, -0.15) is 5.10 Å². The van der Waals surface area contributed by atoms with E-state index in [0.29, 0.717) is 17.3 Å². The van der Waals surface area contributed by atoms with Crippen LogP contribution in [0.25, 0.3) is 0 Å². The molecule has 1 N–H and O–H groups in total. The van der Waals surface area contributed by atoms with Crippen LogP contribution in [0.3, 0.4) is 0 Å². The number of rotatable bonds is 6. The van der Waals surface area contributed by atoms with Gasteiger partial charge in [-0.05, 0) is 23.6 Å². The number of nitrogens with one attached hydrogen (secondary N) is 1. The summed E-state index contributed by atoms with van der Waals surface area (Å²) in [7, 11) is 0. The number of amides is 1. The first kappa shape index (κ1) is 15.8. The Kier molecular flexibility index (Phi) is 5.09. The average Bonchev–Trinajstić information content (AvgIpc) is 3.20. The summed E-state index contributed by atoms with van der Waals surface area (Å²) in [4.78, 5) is 13.7. The van der Waals surface area contributed by atoms with Gasteiger partial charge >= 0.3 is 0 Å². The Labute approximate surface area is 141 Å². The van der Waals surface area contributed by atoms with Gasteiger partial charge in [0.05, 0.1) is 18.5 Å². The lowest BCUT2D eigenvalue weighted by molar-refractivity contribution is -0.113. The van der Waals surface area contributed by atoms with E-state index in [1.807, 2.05) is 17.5 Å². The van der Waals surface area contributed by atoms with Crippen LogP contribution in [0.2, 0.25) is 0 Å². The molecule has 0 spiro atoms. The third-order valence-electron chi connectivity index (χ3n) is 3.07. The van der Waals surface area contributed by atoms with Gasteiger partial charge in [0.2, 0.25) is 5.91 Å². The molecule has 0 saturated heterocycles. The van der Waals surface area contributed by atoms with Gasteiger partial charge in [0.1, 0.15) is 11.6 Å². The van der Waals surface area contributed by atoms with Crippen molar-refractivity contribution in [2.24, 2.45) is 0 Å². The van der Waals surface area contributed by atoms with Crippen molar-refractivity contribution in [3.63, 3.8) is 0 Å². The summed E-state index contributed by atoms with van der Waals surface area (Å²) in [5, 5.41) is 9.04. The summed E-state index contributed by atoms with van der Waals surface area (Å²) in [6, 6.07) is 12.2. The maximum atomic E-state index is 13.5. The van der Waals surface area contributed by atoms with E-state index in [4.69, 9.17) is 0 Å². The van der Waals surface area contributed by atoms with Crippen molar-refractivity contribution in [2.45, 2.75) is 11.4 Å². The molecule has 3 rings (SSSR count). The molecule has 7 heteroatoms. The average molecular weight is 347 g/mol. The van der Waals surface area contributed by atoms with Crippen molar-refractivity contribution in [2.75, 3.05) is 11.1 Å². The fourth-order valence-corrected chi connectivity index (χ4v) is 3.42. The van der Waals surface area contributed by atoms with Crippen molar-refractivity contribution < 1.29 is 9.18 Å². The predicted molar refractivity (Wildman–Crippen MR) is 91.4 cm³/mol. The number of thiophene rings is 1. The molecular weight excluding hydrogens is 333 g/mol. The number of thioether (sulfide) groups is 1. The quantitative estimate of drug-likeness (QED) is 0.689. The third-order valence-corrected chi connectivity index (χ3v) is 4.97. The molecule has 0 aliphatic carbocycles. The van der Waals surface area contributed by atoms with Gasteiger partial charge in [-0.1, -0.05) is 18.2 Å². The fourth-order valence-electron chi connectivity index (χ4n) is 2.00. The minimum atomic E-state index is -0.312. The second-order valence-electron chi connectivity index (χ2n) is 4.72. The lowest BCUT2D eigenvalue weighted by Gasteiger charge is -2.08. The van der Waals surface area contributed by atoms with E-state index in [1.165, 1.54) is 17.8 Å². The largest absolute Gasteiger partial charge is 0.310 e. The molecule has 1 amide bonds. The van der Waals surface area contributed by atoms with Crippen LogP contribution in [0.5, 0.6) is 0 Å². The van der Waals surface area contributed by atoms with E-state index >= 15 is 0 Å². The number of hydrogen-bond acceptors (Lipinski definition) is 4. The molecule has 0 radical (unpaired) electrons. The summed E-state index contributed by atoms with van der Waals surface area (Å²) < 4.78 is 15.3. The van der Waals surface area contributed by atoms with Gasteiger partial charge < -0.3 is 5.32 Å². The monoisotopic (exact) mass is 347 g/mol. The maximum Gasteiger partial charge on any atom is 0.235 e. The molecule has 23 heavy (non-hydrogen) atoms. The number of aromatic nitrogens is 2. The number of anilines is 1. The molecule has 0 bridgehead atoms. The van der Waals surface area contributed by atoms with E-state index < -0.39 is 0 Å². The zero-order valence-corrected chi connectivity index (χ0v) is 13.7. The number of nitrogens with zero attached hydrogens (tertiary/aromatic N) is 2. The molecule has 0 aliphatic heterocycles. The van der Waals surface area contributed by atoms with Crippen molar-refractivity contribution in [1.29, 1.82) is 0 Å². The number of benzene rings is 1. The van der Waals surface area contributed by atoms with E-state index in [0.717, 1.165) is 4.88 Å². The highest BCUT2D eigenvalue weighted by Crippen LogP contribution is 2.21. The van der Waals surface area contributed by atoms with Gasteiger partial charge in [0.25, 0.3) is 0 Å². The van der Waals surface area contributed by atoms with Crippen LogP contribution < -0.4 is 5.32 Å². The van der Waals surface area contributed by atoms with Gasteiger partial charge in [-0.15, -0.1) is 23.1 Å². The molecule has 2 heterocycles. The summed E-state index contributed by atoms with van der Waals surface area (Å²) >= 11 is 2.81. The first-order valence-corrected chi connectivity index (χ1v) is 8.80. The van der Waals surface area contributed by atoms with Crippen molar-refractivity contribution in [3.8, 4) is 0 Å². The second kappa shape index (κ2) is 7.43. The summed E-state index contributed by atoms with van der Waals surface area (Å²) in [6.45, 7) is 0.612. The van der Waals surface area contributed by atoms with Gasteiger partial charge in [-0.3, -0.25) is 4.79 Å². The summed E-state index contributed by atoms with van der Waals surface area (Å²) in [5.74, 6) is 0.280. The Hall–Kier alpha value is -2.12. The van der Waals surface area contributed by atoms with Crippen LogP contribution in [-0.4, -0.2) is 21.4 Å². The normalized spacial score (nSPS) is 10.7. The Bertz CT molecular complexity index is 786. The highest BCUT2D eigenvalue weighted by Gasteiger charge is 2.10. The van der Waals surface area contributed by atoms with E-state index in [9.17, 15) is 9.18 Å². The minimum absolute atomic E-state index is 0.144. The number of halogens is 1. The van der Waals surface area contributed by atoms with Gasteiger partial charge in [0.15, 0.2) is 0 Å². The van der Waals surface area contributed by atoms with E-state index in [1.54, 1.807) is 46.5 Å². The summed E-state index contributed by atoms with van der Waals surface area (Å²) in [6.07, 6.45) is 1.65. The molecule has 0 aliphatic rings. The zero-order chi connectivity index (χ0) is 16.1. The molecule has 2 aromatic heterocycles. The summed E-state index contributed by atoms with van der Waals surface area (Å²) in [5.41, 5.74) is 0. The lowest BCUT2D eigenvalue weighted by atomic mass is 10.3. The number of hydrogen-bond donors (Lipinski definition) is 1. The van der Waals surface area contributed by atoms with E-state index in [2.05, 4.69) is 10.4 Å². The molecule has 4 nitrogen and oxygen atoms in total. The van der Waals surface area contributed by atoms with Gasteiger partial charge in [-0.25, -0.2) is 9.07 Å². The molecule has 0 unspecified atom stereocenters. The van der Waals surface area contributed by atoms with Crippen LogP contribution in [0.1, 0.15) is 4.88 Å². The molecule has 3 aromatic rings. The van der Waals surface area contributed by atoms with Crippen LogP contribution >= 0.6 is 23.1 Å². The molecular formula is C16H14FN3OS2. The van der Waals surface area contributed by atoms with E-state index in [-0.39, 0.29) is 17.5 Å². The predicted octanol–water partition coefficient (Wildman–Crippen LogP) is 3.86. The molecule has 0 fully saturated rings. The lowest BCUT2D eigenvalue weighted by Crippen LogP contribution is -2.17. The standard InChI is InChI=1S/C16H14FN3OS2/c17-13-5-1-2-6-14(13)23-11-16(21)19-15-7-8-18-20(15)10-12-4-3-9-22-12/h1-9H,10-11H2,(H,19,21). The molecule has 1 aromatic carbocycles. The molecule has 0 atom stereocenters. The van der Waals surface area contributed by atoms with Crippen LogP contribution in [0.4, 0.5) is 10.2 Å². The smallest absolute Gasteiger partial charge is 0.235 e. The minimum Gasteiger partial charge on any atom is -0.310 e. The maximum absolute atomic E-state index is 13.5. The van der Waals surface area contributed by atoms with Crippen molar-refractivity contribution in [3.05, 3.63) is 64.7 Å². The van der Waals surface area contributed by atoms with Gasteiger partial charge in [0, 0.05) is 15.8 Å².